The van der Waals surface area contributed by atoms with Crippen LogP contribution in [-0.4, -0.2) is 4.98 Å². The minimum Gasteiger partial charge on any atom is -0.397 e. The van der Waals surface area contributed by atoms with Crippen molar-refractivity contribution >= 4 is 5.69 Å². The summed E-state index contributed by atoms with van der Waals surface area (Å²) in [5, 5.41) is 0. The van der Waals surface area contributed by atoms with Crippen molar-refractivity contribution in [2.75, 3.05) is 5.73 Å². The van der Waals surface area contributed by atoms with Crippen LogP contribution in [0.4, 0.5) is 10.1 Å². The zero-order valence-electron chi connectivity index (χ0n) is 6.92. The number of hydrogen-bond acceptors (Lipinski definition) is 1. The van der Waals surface area contributed by atoms with Crippen LogP contribution in [0.15, 0.2) is 36.5 Å². The lowest BCUT2D eigenvalue weighted by molar-refractivity contribution is 0.628. The molecule has 0 spiro atoms. The van der Waals surface area contributed by atoms with Gasteiger partial charge in [0.25, 0.3) is 0 Å². The third-order valence-corrected chi connectivity index (χ3v) is 1.86. The summed E-state index contributed by atoms with van der Waals surface area (Å²) in [4.78, 5) is 2.99. The molecule has 0 aliphatic carbocycles. The summed E-state index contributed by atoms with van der Waals surface area (Å²) in [6.07, 6.45) is 1.71. The number of hydrogen-bond donors (Lipinski definition) is 2. The topological polar surface area (TPSA) is 41.8 Å². The van der Waals surface area contributed by atoms with E-state index in [0.717, 1.165) is 11.3 Å². The van der Waals surface area contributed by atoms with E-state index in [4.69, 9.17) is 5.73 Å². The first-order valence-electron chi connectivity index (χ1n) is 3.95. The molecule has 0 aliphatic heterocycles. The third kappa shape index (κ3) is 1.54. The fourth-order valence-electron chi connectivity index (χ4n) is 1.21. The zero-order valence-corrected chi connectivity index (χ0v) is 6.92. The highest BCUT2D eigenvalue weighted by molar-refractivity contribution is 5.63. The van der Waals surface area contributed by atoms with E-state index in [-0.39, 0.29) is 5.82 Å². The van der Waals surface area contributed by atoms with Gasteiger partial charge in [0.2, 0.25) is 0 Å². The average Bonchev–Trinajstić information content (AvgIpc) is 2.53. The van der Waals surface area contributed by atoms with Crippen LogP contribution in [0.2, 0.25) is 0 Å². The standard InChI is InChI=1S/C10H9FN2/c11-8-3-1-7(2-4-8)10-5-9(12)6-13-10/h1-6,13H,12H2. The van der Waals surface area contributed by atoms with Crippen LogP contribution in [0.1, 0.15) is 0 Å². The SMILES string of the molecule is Nc1c[nH]c(-c2ccc(F)cc2)c1. The first kappa shape index (κ1) is 7.86. The van der Waals surface area contributed by atoms with E-state index in [1.807, 2.05) is 6.07 Å². The highest BCUT2D eigenvalue weighted by atomic mass is 19.1. The Kier molecular flexibility index (Phi) is 1.77. The summed E-state index contributed by atoms with van der Waals surface area (Å²) in [6.45, 7) is 0. The Morgan fingerprint density at radius 3 is 2.38 bits per heavy atom. The molecule has 0 bridgehead atoms. The predicted molar refractivity (Wildman–Crippen MR) is 50.6 cm³/mol. The number of anilines is 1. The van der Waals surface area contributed by atoms with Gasteiger partial charge in [-0.3, -0.25) is 0 Å². The molecule has 0 saturated carbocycles. The van der Waals surface area contributed by atoms with Crippen LogP contribution in [0.3, 0.4) is 0 Å². The van der Waals surface area contributed by atoms with Gasteiger partial charge >= 0.3 is 0 Å². The fourth-order valence-corrected chi connectivity index (χ4v) is 1.21. The molecule has 2 aromatic rings. The highest BCUT2D eigenvalue weighted by Gasteiger charge is 1.99. The van der Waals surface area contributed by atoms with Crippen LogP contribution in [0, 0.1) is 5.82 Å². The monoisotopic (exact) mass is 176 g/mol. The molecule has 13 heavy (non-hydrogen) atoms. The molecule has 0 fully saturated rings. The summed E-state index contributed by atoms with van der Waals surface area (Å²) < 4.78 is 12.6. The van der Waals surface area contributed by atoms with Crippen LogP contribution in [0.25, 0.3) is 11.3 Å². The number of nitrogen functional groups attached to an aromatic ring is 1. The Hall–Kier alpha value is -1.77. The van der Waals surface area contributed by atoms with E-state index < -0.39 is 0 Å². The second-order valence-electron chi connectivity index (χ2n) is 2.85. The minimum atomic E-state index is -0.233. The maximum atomic E-state index is 12.6. The first-order valence-corrected chi connectivity index (χ1v) is 3.95. The number of benzene rings is 1. The lowest BCUT2D eigenvalue weighted by atomic mass is 10.1. The van der Waals surface area contributed by atoms with Gasteiger partial charge in [-0.05, 0) is 35.9 Å². The van der Waals surface area contributed by atoms with Crippen LogP contribution >= 0.6 is 0 Å². The molecule has 2 nitrogen and oxygen atoms in total. The van der Waals surface area contributed by atoms with Crippen molar-refractivity contribution in [2.24, 2.45) is 0 Å². The molecule has 0 unspecified atom stereocenters. The van der Waals surface area contributed by atoms with Gasteiger partial charge in [-0.2, -0.15) is 0 Å². The molecule has 1 aromatic heterocycles. The van der Waals surface area contributed by atoms with Gasteiger partial charge in [-0.15, -0.1) is 0 Å². The Balaban J connectivity index is 2.41. The molecule has 3 N–H and O–H groups in total. The number of halogens is 1. The molecule has 3 heteroatoms. The van der Waals surface area contributed by atoms with E-state index in [9.17, 15) is 4.39 Å². The molecule has 0 aliphatic rings. The quantitative estimate of drug-likeness (QED) is 0.688. The molecule has 66 valence electrons. The lowest BCUT2D eigenvalue weighted by Gasteiger charge is -1.96. The van der Waals surface area contributed by atoms with Gasteiger partial charge < -0.3 is 10.7 Å². The summed E-state index contributed by atoms with van der Waals surface area (Å²) in [5.74, 6) is -0.233. The number of aromatic nitrogens is 1. The maximum Gasteiger partial charge on any atom is 0.123 e. The van der Waals surface area contributed by atoms with Gasteiger partial charge in [0.05, 0.1) is 0 Å². The molecule has 1 heterocycles. The molecule has 0 atom stereocenters. The van der Waals surface area contributed by atoms with Crippen molar-refractivity contribution in [1.29, 1.82) is 0 Å². The van der Waals surface area contributed by atoms with Crippen LogP contribution < -0.4 is 5.73 Å². The van der Waals surface area contributed by atoms with Crippen molar-refractivity contribution in [3.05, 3.63) is 42.3 Å². The van der Waals surface area contributed by atoms with Gasteiger partial charge in [0.15, 0.2) is 0 Å². The number of aromatic amines is 1. The van der Waals surface area contributed by atoms with Crippen molar-refractivity contribution < 1.29 is 4.39 Å². The third-order valence-electron chi connectivity index (χ3n) is 1.86. The van der Waals surface area contributed by atoms with Crippen molar-refractivity contribution in [2.45, 2.75) is 0 Å². The van der Waals surface area contributed by atoms with E-state index in [2.05, 4.69) is 4.98 Å². The van der Waals surface area contributed by atoms with E-state index in [1.165, 1.54) is 12.1 Å². The normalized spacial score (nSPS) is 10.2. The summed E-state index contributed by atoms with van der Waals surface area (Å²) in [5.41, 5.74) is 8.05. The van der Waals surface area contributed by atoms with E-state index in [1.54, 1.807) is 18.3 Å². The smallest absolute Gasteiger partial charge is 0.123 e. The number of nitrogens with two attached hydrogens (primary N) is 1. The molecule has 1 aromatic carbocycles. The summed E-state index contributed by atoms with van der Waals surface area (Å²) in [6, 6.07) is 8.08. The number of rotatable bonds is 1. The Labute approximate surface area is 75.2 Å². The molecule has 0 radical (unpaired) electrons. The van der Waals surface area contributed by atoms with Crippen molar-refractivity contribution in [1.82, 2.24) is 4.98 Å². The van der Waals surface area contributed by atoms with Gasteiger partial charge in [0, 0.05) is 17.6 Å². The van der Waals surface area contributed by atoms with Crippen LogP contribution in [-0.2, 0) is 0 Å². The average molecular weight is 176 g/mol. The van der Waals surface area contributed by atoms with Gasteiger partial charge in [-0.25, -0.2) is 4.39 Å². The van der Waals surface area contributed by atoms with Crippen molar-refractivity contribution in [3.63, 3.8) is 0 Å². The highest BCUT2D eigenvalue weighted by Crippen LogP contribution is 2.19. The Morgan fingerprint density at radius 1 is 1.15 bits per heavy atom. The zero-order chi connectivity index (χ0) is 9.26. The predicted octanol–water partition coefficient (Wildman–Crippen LogP) is 2.40. The molecule has 2 rings (SSSR count). The lowest BCUT2D eigenvalue weighted by Crippen LogP contribution is -1.78. The van der Waals surface area contributed by atoms with E-state index in [0.29, 0.717) is 5.69 Å². The molecular weight excluding hydrogens is 167 g/mol. The van der Waals surface area contributed by atoms with E-state index >= 15 is 0 Å². The first-order chi connectivity index (χ1) is 6.25. The minimum absolute atomic E-state index is 0.233. The number of nitrogens with one attached hydrogen (secondary N) is 1. The molecule has 0 saturated heterocycles. The van der Waals surface area contributed by atoms with Crippen LogP contribution in [0.5, 0.6) is 0 Å². The molecule has 0 amide bonds. The van der Waals surface area contributed by atoms with Crippen molar-refractivity contribution in [3.8, 4) is 11.3 Å². The maximum absolute atomic E-state index is 12.6. The Morgan fingerprint density at radius 2 is 1.85 bits per heavy atom. The Bertz CT molecular complexity index is 403. The van der Waals surface area contributed by atoms with Gasteiger partial charge in [0.1, 0.15) is 5.82 Å². The summed E-state index contributed by atoms with van der Waals surface area (Å²) in [7, 11) is 0. The largest absolute Gasteiger partial charge is 0.397 e. The fraction of sp³-hybridized carbons (Fsp3) is 0. The summed E-state index contributed by atoms with van der Waals surface area (Å²) >= 11 is 0. The second kappa shape index (κ2) is 2.94. The molecular formula is C10H9FN2. The number of H-pyrrole nitrogens is 1. The second-order valence-corrected chi connectivity index (χ2v) is 2.85. The van der Waals surface area contributed by atoms with Gasteiger partial charge in [-0.1, -0.05) is 0 Å².